The van der Waals surface area contributed by atoms with Crippen LogP contribution in [0.25, 0.3) is 0 Å². The molecule has 0 saturated carbocycles. The van der Waals surface area contributed by atoms with Gasteiger partial charge in [0.2, 0.25) is 5.88 Å². The molecular weight excluding hydrogens is 665 g/mol. The molecule has 4 N–H and O–H groups in total. The number of hydrogen-bond acceptors (Lipinski definition) is 8. The lowest BCUT2D eigenvalue weighted by Gasteiger charge is -2.38. The van der Waals surface area contributed by atoms with E-state index in [9.17, 15) is 27.6 Å². The predicted octanol–water partition coefficient (Wildman–Crippen LogP) is 7.19. The zero-order valence-electron chi connectivity index (χ0n) is 28.8. The molecule has 0 unspecified atom stereocenters. The number of carbonyl (C=O) groups excluding carboxylic acids is 3. The zero-order valence-corrected chi connectivity index (χ0v) is 28.8. The van der Waals surface area contributed by atoms with Gasteiger partial charge in [0.15, 0.2) is 6.29 Å². The third-order valence-electron chi connectivity index (χ3n) is 7.91. The topological polar surface area (TPSA) is 139 Å². The van der Waals surface area contributed by atoms with Crippen LogP contribution in [0, 0.1) is 24.4 Å². The summed E-state index contributed by atoms with van der Waals surface area (Å²) in [6, 6.07) is 16.2. The number of nitrogens with two attached hydrogens (primary N) is 1. The molecule has 0 bridgehead atoms. The fraction of sp³-hybridized carbons (Fsp3) is 0.297. The highest BCUT2D eigenvalue weighted by atomic mass is 19.1. The molecule has 0 spiro atoms. The number of anilines is 2. The van der Waals surface area contributed by atoms with Crippen molar-refractivity contribution in [2.75, 3.05) is 30.4 Å². The molecule has 14 heteroatoms. The normalized spacial score (nSPS) is 13.1. The number of likely N-dealkylation sites (tertiary alicyclic amines) is 1. The molecule has 2 heterocycles. The van der Waals surface area contributed by atoms with Crippen molar-refractivity contribution in [3.05, 3.63) is 107 Å². The lowest BCUT2D eigenvalue weighted by atomic mass is 10.0. The van der Waals surface area contributed by atoms with Gasteiger partial charge in [0, 0.05) is 55.2 Å². The standard InChI is InChI=1S/C36H36F3N5O5.CH5N/c1-22(2)40-36(47)49-30-10-8-29(9-11-30)48-34-12-7-24(23(3)41-34)20-43-15-13-27(14-16-43)44(28-6-4-5-26(37)18-28)35(46)42-33-17-25(21-45)31(38)19-32(33)39;1-2/h4-12,17-19,21-22,27H,13-16,20H2,1-3H3,(H,40,47)(H,42,46);2H2,1H3. The molecule has 3 amide bonds. The molecule has 1 aliphatic rings. The zero-order chi connectivity index (χ0) is 37.1. The number of urea groups is 1. The average molecular weight is 707 g/mol. The lowest BCUT2D eigenvalue weighted by molar-refractivity contribution is 0.111. The molecule has 270 valence electrons. The Balaban J connectivity index is 0.00000286. The second-order valence-corrected chi connectivity index (χ2v) is 11.9. The summed E-state index contributed by atoms with van der Waals surface area (Å²) in [7, 11) is 1.50. The van der Waals surface area contributed by atoms with Crippen molar-refractivity contribution < 1.29 is 37.0 Å². The van der Waals surface area contributed by atoms with Gasteiger partial charge in [-0.25, -0.2) is 27.7 Å². The first-order valence-corrected chi connectivity index (χ1v) is 16.3. The average Bonchev–Trinajstić information content (AvgIpc) is 3.09. The second kappa shape index (κ2) is 18.0. The molecule has 4 aromatic rings. The van der Waals surface area contributed by atoms with E-state index in [1.54, 1.807) is 36.4 Å². The fourth-order valence-corrected chi connectivity index (χ4v) is 5.48. The highest BCUT2D eigenvalue weighted by molar-refractivity contribution is 6.02. The number of carbonyl (C=O) groups is 3. The summed E-state index contributed by atoms with van der Waals surface area (Å²) >= 11 is 0. The number of aryl methyl sites for hydroxylation is 1. The van der Waals surface area contributed by atoms with Crippen LogP contribution >= 0.6 is 0 Å². The van der Waals surface area contributed by atoms with Crippen LogP contribution in [0.2, 0.25) is 0 Å². The van der Waals surface area contributed by atoms with Gasteiger partial charge >= 0.3 is 12.1 Å². The van der Waals surface area contributed by atoms with E-state index < -0.39 is 35.1 Å². The second-order valence-electron chi connectivity index (χ2n) is 11.9. The first-order chi connectivity index (χ1) is 24.5. The van der Waals surface area contributed by atoms with Crippen molar-refractivity contribution in [2.45, 2.75) is 52.2 Å². The maximum Gasteiger partial charge on any atom is 0.412 e. The Bertz CT molecular complexity index is 1820. The van der Waals surface area contributed by atoms with Crippen LogP contribution in [0.5, 0.6) is 17.4 Å². The van der Waals surface area contributed by atoms with E-state index in [-0.39, 0.29) is 29.7 Å². The van der Waals surface area contributed by atoms with Crippen molar-refractivity contribution in [3.63, 3.8) is 0 Å². The molecule has 1 aromatic heterocycles. The minimum Gasteiger partial charge on any atom is -0.439 e. The Labute approximate surface area is 294 Å². The quantitative estimate of drug-likeness (QED) is 0.147. The van der Waals surface area contributed by atoms with Gasteiger partial charge in [-0.1, -0.05) is 12.1 Å². The molecule has 0 radical (unpaired) electrons. The van der Waals surface area contributed by atoms with Gasteiger partial charge in [-0.15, -0.1) is 0 Å². The van der Waals surface area contributed by atoms with Crippen LogP contribution in [0.3, 0.4) is 0 Å². The van der Waals surface area contributed by atoms with E-state index in [0.717, 1.165) is 17.3 Å². The van der Waals surface area contributed by atoms with Crippen molar-refractivity contribution in [1.82, 2.24) is 15.2 Å². The van der Waals surface area contributed by atoms with Gasteiger partial charge in [-0.3, -0.25) is 14.6 Å². The molecule has 3 aromatic carbocycles. The largest absolute Gasteiger partial charge is 0.439 e. The molecule has 1 fully saturated rings. The number of benzene rings is 3. The summed E-state index contributed by atoms with van der Waals surface area (Å²) < 4.78 is 53.8. The van der Waals surface area contributed by atoms with Gasteiger partial charge in [0.25, 0.3) is 0 Å². The number of nitrogens with zero attached hydrogens (tertiary/aromatic N) is 3. The maximum atomic E-state index is 14.5. The number of aromatic nitrogens is 1. The Hall–Kier alpha value is -5.47. The number of halogens is 3. The van der Waals surface area contributed by atoms with E-state index in [4.69, 9.17) is 9.47 Å². The van der Waals surface area contributed by atoms with Crippen molar-refractivity contribution >= 4 is 29.8 Å². The van der Waals surface area contributed by atoms with Crippen molar-refractivity contribution in [1.29, 1.82) is 0 Å². The van der Waals surface area contributed by atoms with Gasteiger partial charge in [0.1, 0.15) is 29.0 Å². The number of piperidine rings is 1. The number of nitrogens with one attached hydrogen (secondary N) is 2. The van der Waals surface area contributed by atoms with E-state index in [1.165, 1.54) is 30.1 Å². The molecule has 5 rings (SSSR count). The molecule has 0 aliphatic carbocycles. The first kappa shape index (κ1) is 38.3. The number of rotatable bonds is 10. The summed E-state index contributed by atoms with van der Waals surface area (Å²) in [6.45, 7) is 7.37. The summed E-state index contributed by atoms with van der Waals surface area (Å²) in [5.74, 6) is -1.32. The van der Waals surface area contributed by atoms with Crippen LogP contribution in [0.4, 0.5) is 34.1 Å². The van der Waals surface area contributed by atoms with Crippen LogP contribution < -0.4 is 30.7 Å². The van der Waals surface area contributed by atoms with E-state index in [2.05, 4.69) is 26.3 Å². The number of aldehydes is 1. The Morgan fingerprint density at radius 1 is 0.980 bits per heavy atom. The first-order valence-electron chi connectivity index (χ1n) is 16.3. The van der Waals surface area contributed by atoms with Crippen molar-refractivity contribution in [3.8, 4) is 17.4 Å². The maximum absolute atomic E-state index is 14.5. The van der Waals surface area contributed by atoms with E-state index in [0.29, 0.717) is 55.9 Å². The fourth-order valence-electron chi connectivity index (χ4n) is 5.48. The van der Waals surface area contributed by atoms with E-state index >= 15 is 0 Å². The van der Waals surface area contributed by atoms with Crippen LogP contribution in [0.15, 0.2) is 72.8 Å². The SMILES string of the molecule is CN.Cc1nc(Oc2ccc(OC(=O)NC(C)C)cc2)ccc1CN1CCC(N(C(=O)Nc2cc(C=O)c(F)cc2F)c2cccc(F)c2)CC1. The van der Waals surface area contributed by atoms with Gasteiger partial charge < -0.3 is 25.8 Å². The molecule has 11 nitrogen and oxygen atoms in total. The number of ether oxygens (including phenoxy) is 2. The van der Waals surface area contributed by atoms with Crippen molar-refractivity contribution in [2.24, 2.45) is 5.73 Å². The summed E-state index contributed by atoms with van der Waals surface area (Å²) in [5, 5.41) is 5.09. The van der Waals surface area contributed by atoms with E-state index in [1.807, 2.05) is 26.8 Å². The minimum atomic E-state index is -1.04. The third-order valence-corrected chi connectivity index (χ3v) is 7.91. The number of amides is 3. The molecule has 1 saturated heterocycles. The summed E-state index contributed by atoms with van der Waals surface area (Å²) in [4.78, 5) is 44.7. The highest BCUT2D eigenvalue weighted by Crippen LogP contribution is 2.29. The number of pyridine rings is 1. The Morgan fingerprint density at radius 2 is 1.67 bits per heavy atom. The highest BCUT2D eigenvalue weighted by Gasteiger charge is 2.30. The number of hydrogen-bond donors (Lipinski definition) is 3. The van der Waals surface area contributed by atoms with Gasteiger partial charge in [-0.2, -0.15) is 0 Å². The molecule has 1 aliphatic heterocycles. The molecule has 0 atom stereocenters. The summed E-state index contributed by atoms with van der Waals surface area (Å²) in [6.07, 6.45) is 0.753. The van der Waals surface area contributed by atoms with Crippen LogP contribution in [-0.4, -0.2) is 60.5 Å². The summed E-state index contributed by atoms with van der Waals surface area (Å²) in [5.41, 5.74) is 5.79. The smallest absolute Gasteiger partial charge is 0.412 e. The molecule has 51 heavy (non-hydrogen) atoms. The third kappa shape index (κ3) is 10.5. The Kier molecular flexibility index (Phi) is 13.5. The predicted molar refractivity (Wildman–Crippen MR) is 188 cm³/mol. The molecular formula is C37H41F3N6O5. The lowest BCUT2D eigenvalue weighted by Crippen LogP contribution is -2.49. The van der Waals surface area contributed by atoms with Crippen LogP contribution in [-0.2, 0) is 6.54 Å². The van der Waals surface area contributed by atoms with Gasteiger partial charge in [-0.05, 0) is 94.8 Å². The Morgan fingerprint density at radius 3 is 2.29 bits per heavy atom. The minimum absolute atomic E-state index is 0.0433. The van der Waals surface area contributed by atoms with Gasteiger partial charge in [0.05, 0.1) is 11.3 Å². The monoisotopic (exact) mass is 706 g/mol. The van der Waals surface area contributed by atoms with Crippen LogP contribution in [0.1, 0.15) is 48.3 Å².